The number of carbonyl (C=O) groups is 1. The Kier molecular flexibility index (Phi) is 4.94. The number of nitrogens with zero attached hydrogens (tertiary/aromatic N) is 3. The van der Waals surface area contributed by atoms with E-state index in [0.717, 1.165) is 10.4 Å². The molecule has 0 fully saturated rings. The van der Waals surface area contributed by atoms with Crippen molar-refractivity contribution in [1.82, 2.24) is 4.90 Å². The van der Waals surface area contributed by atoms with Gasteiger partial charge >= 0.3 is 5.97 Å². The Morgan fingerprint density at radius 1 is 1.32 bits per heavy atom. The lowest BCUT2D eigenvalue weighted by Gasteiger charge is -2.34. The number of benzene rings is 1. The smallest absolute Gasteiger partial charge is 0.338 e. The van der Waals surface area contributed by atoms with Gasteiger partial charge in [0.2, 0.25) is 0 Å². The molecule has 2 N–H and O–H groups in total. The van der Waals surface area contributed by atoms with Crippen molar-refractivity contribution in [2.45, 2.75) is 13.0 Å². The Bertz CT molecular complexity index is 1050. The molecule has 28 heavy (non-hydrogen) atoms. The van der Waals surface area contributed by atoms with Gasteiger partial charge in [0.25, 0.3) is 0 Å². The first-order chi connectivity index (χ1) is 13.7. The Hall–Kier alpha value is -3.02. The first kappa shape index (κ1) is 18.3. The van der Waals surface area contributed by atoms with E-state index in [-0.39, 0.29) is 6.61 Å². The third kappa shape index (κ3) is 2.99. The van der Waals surface area contributed by atoms with Gasteiger partial charge < -0.3 is 10.5 Å². The van der Waals surface area contributed by atoms with Crippen LogP contribution in [0.1, 0.15) is 23.4 Å². The van der Waals surface area contributed by atoms with E-state index in [4.69, 9.17) is 15.5 Å². The number of hydrogen-bond donors (Lipinski definition) is 1. The largest absolute Gasteiger partial charge is 0.463 e. The van der Waals surface area contributed by atoms with Crippen molar-refractivity contribution in [3.05, 3.63) is 74.6 Å². The lowest BCUT2D eigenvalue weighted by molar-refractivity contribution is -0.139. The summed E-state index contributed by atoms with van der Waals surface area (Å²) in [5.41, 5.74) is 8.04. The van der Waals surface area contributed by atoms with Crippen molar-refractivity contribution in [3.63, 3.8) is 0 Å². The zero-order valence-electron chi connectivity index (χ0n) is 15.0. The van der Waals surface area contributed by atoms with Crippen LogP contribution in [0, 0.1) is 11.3 Å². The van der Waals surface area contributed by atoms with E-state index in [0.29, 0.717) is 27.2 Å². The number of allylic oxidation sites excluding steroid dienone is 1. The van der Waals surface area contributed by atoms with E-state index < -0.39 is 12.0 Å². The molecule has 1 aromatic carbocycles. The van der Waals surface area contributed by atoms with Crippen LogP contribution >= 0.6 is 23.1 Å². The van der Waals surface area contributed by atoms with Crippen molar-refractivity contribution in [1.29, 1.82) is 5.26 Å². The highest BCUT2D eigenvalue weighted by Gasteiger charge is 2.44. The summed E-state index contributed by atoms with van der Waals surface area (Å²) in [4.78, 5) is 20.8. The molecule has 8 heteroatoms. The van der Waals surface area contributed by atoms with Gasteiger partial charge in [-0.05, 0) is 30.1 Å². The number of hydrogen-bond acceptors (Lipinski definition) is 8. The molecule has 2 aromatic rings. The normalized spacial score (nSPS) is 18.6. The first-order valence-corrected chi connectivity index (χ1v) is 10.3. The monoisotopic (exact) mass is 408 g/mol. The molecule has 0 saturated carbocycles. The number of ether oxygens (including phenoxy) is 1. The second-order valence-corrected chi connectivity index (χ2v) is 7.92. The van der Waals surface area contributed by atoms with E-state index in [1.54, 1.807) is 11.8 Å². The fourth-order valence-corrected chi connectivity index (χ4v) is 4.87. The van der Waals surface area contributed by atoms with Gasteiger partial charge in [0.05, 0.1) is 17.9 Å². The second-order valence-electron chi connectivity index (χ2n) is 5.96. The standard InChI is InChI=1S/C20H16N4O2S2/c1-2-26-19(25)15-16(12-7-4-3-5-8-12)23-20-24(18(22)14(11-21)28-20)17(15)13-9-6-10-27-13/h3-10,17H,2,22H2,1H3/t17-/m1/s1. The van der Waals surface area contributed by atoms with Gasteiger partial charge in [0.15, 0.2) is 5.17 Å². The lowest BCUT2D eigenvalue weighted by Crippen LogP contribution is -2.38. The molecule has 0 saturated heterocycles. The van der Waals surface area contributed by atoms with Crippen LogP contribution in [0.15, 0.2) is 69.1 Å². The molecule has 0 unspecified atom stereocenters. The Morgan fingerprint density at radius 3 is 2.75 bits per heavy atom. The fourth-order valence-electron chi connectivity index (χ4n) is 3.18. The SMILES string of the molecule is CCOC(=O)C1=C(c2ccccc2)N=C2SC(C#N)=C(N)N2[C@@H]1c1cccs1. The number of thiophene rings is 1. The predicted octanol–water partition coefficient (Wildman–Crippen LogP) is 3.83. The van der Waals surface area contributed by atoms with E-state index in [2.05, 4.69) is 6.07 Å². The first-order valence-electron chi connectivity index (χ1n) is 8.61. The van der Waals surface area contributed by atoms with Crippen LogP contribution in [-0.4, -0.2) is 22.6 Å². The maximum atomic E-state index is 13.0. The molecule has 0 spiro atoms. The molecule has 2 aliphatic heterocycles. The van der Waals surface area contributed by atoms with Gasteiger partial charge in [-0.2, -0.15) is 5.26 Å². The summed E-state index contributed by atoms with van der Waals surface area (Å²) >= 11 is 2.73. The Labute approximate surface area is 170 Å². The van der Waals surface area contributed by atoms with Gasteiger partial charge in [-0.15, -0.1) is 11.3 Å². The Morgan fingerprint density at radius 2 is 2.11 bits per heavy atom. The molecule has 1 aromatic heterocycles. The lowest BCUT2D eigenvalue weighted by atomic mass is 9.96. The van der Waals surface area contributed by atoms with Gasteiger partial charge in [-0.1, -0.05) is 36.4 Å². The average Bonchev–Trinajstić information content (AvgIpc) is 3.35. The summed E-state index contributed by atoms with van der Waals surface area (Å²) in [6, 6.07) is 15.0. The van der Waals surface area contributed by atoms with Gasteiger partial charge in [-0.25, -0.2) is 9.79 Å². The number of fused-ring (bicyclic) bond motifs is 1. The van der Waals surface area contributed by atoms with Crippen molar-refractivity contribution in [3.8, 4) is 6.07 Å². The van der Waals surface area contributed by atoms with Crippen molar-refractivity contribution < 1.29 is 9.53 Å². The number of aliphatic imine (C=N–C) groups is 1. The van der Waals surface area contributed by atoms with Gasteiger partial charge in [0, 0.05) is 10.4 Å². The van der Waals surface area contributed by atoms with Crippen LogP contribution in [0.3, 0.4) is 0 Å². The minimum atomic E-state index is -0.500. The van der Waals surface area contributed by atoms with Crippen molar-refractivity contribution >= 4 is 39.9 Å². The summed E-state index contributed by atoms with van der Waals surface area (Å²) in [6.07, 6.45) is 0. The minimum Gasteiger partial charge on any atom is -0.463 e. The van der Waals surface area contributed by atoms with Gasteiger partial charge in [0.1, 0.15) is 22.8 Å². The van der Waals surface area contributed by atoms with Crippen molar-refractivity contribution in [2.75, 3.05) is 6.61 Å². The molecule has 140 valence electrons. The molecule has 0 bridgehead atoms. The number of carbonyl (C=O) groups excluding carboxylic acids is 1. The van der Waals surface area contributed by atoms with Crippen LogP contribution in [0.25, 0.3) is 5.70 Å². The zero-order valence-corrected chi connectivity index (χ0v) is 16.6. The molecule has 2 aliphatic rings. The fraction of sp³-hybridized carbons (Fsp3) is 0.150. The predicted molar refractivity (Wildman–Crippen MR) is 111 cm³/mol. The molecule has 3 heterocycles. The minimum absolute atomic E-state index is 0.252. The van der Waals surface area contributed by atoms with Gasteiger partial charge in [-0.3, -0.25) is 4.90 Å². The van der Waals surface area contributed by atoms with E-state index in [1.165, 1.54) is 23.1 Å². The molecule has 0 amide bonds. The summed E-state index contributed by atoms with van der Waals surface area (Å²) in [6.45, 7) is 2.02. The third-order valence-electron chi connectivity index (χ3n) is 4.34. The molecule has 4 rings (SSSR count). The highest BCUT2D eigenvalue weighted by molar-refractivity contribution is 8.17. The number of esters is 1. The zero-order chi connectivity index (χ0) is 19.7. The van der Waals surface area contributed by atoms with Crippen LogP contribution in [0.2, 0.25) is 0 Å². The highest BCUT2D eigenvalue weighted by Crippen LogP contribution is 2.48. The number of rotatable bonds is 4. The second kappa shape index (κ2) is 7.54. The van der Waals surface area contributed by atoms with Crippen LogP contribution in [-0.2, 0) is 9.53 Å². The molecule has 0 radical (unpaired) electrons. The number of amidine groups is 1. The number of thioether (sulfide) groups is 1. The van der Waals surface area contributed by atoms with E-state index in [1.807, 2.05) is 47.8 Å². The number of nitriles is 1. The third-order valence-corrected chi connectivity index (χ3v) is 6.24. The van der Waals surface area contributed by atoms with Crippen molar-refractivity contribution in [2.24, 2.45) is 10.7 Å². The molecule has 0 aliphatic carbocycles. The summed E-state index contributed by atoms with van der Waals surface area (Å²) in [7, 11) is 0. The molecule has 1 atom stereocenters. The molecular formula is C20H16N4O2S2. The van der Waals surface area contributed by atoms with Crippen LogP contribution < -0.4 is 5.73 Å². The van der Waals surface area contributed by atoms with Crippen LogP contribution in [0.5, 0.6) is 0 Å². The highest BCUT2D eigenvalue weighted by atomic mass is 32.2. The maximum Gasteiger partial charge on any atom is 0.338 e. The molecule has 6 nitrogen and oxygen atoms in total. The van der Waals surface area contributed by atoms with Crippen LogP contribution in [0.4, 0.5) is 0 Å². The maximum absolute atomic E-state index is 13.0. The summed E-state index contributed by atoms with van der Waals surface area (Å²) in [5.74, 6) is -0.135. The quantitative estimate of drug-likeness (QED) is 0.773. The molecular weight excluding hydrogens is 392 g/mol. The average molecular weight is 409 g/mol. The number of nitrogens with two attached hydrogens (primary N) is 1. The van der Waals surface area contributed by atoms with E-state index >= 15 is 0 Å². The topological polar surface area (TPSA) is 91.7 Å². The van der Waals surface area contributed by atoms with E-state index in [9.17, 15) is 10.1 Å². The summed E-state index contributed by atoms with van der Waals surface area (Å²) < 4.78 is 5.38. The Balaban J connectivity index is 1.98. The summed E-state index contributed by atoms with van der Waals surface area (Å²) in [5, 5.41) is 12.0.